The molecule has 2 heterocycles. The van der Waals surface area contributed by atoms with Gasteiger partial charge >= 0.3 is 0 Å². The Balaban J connectivity index is 1.49. The second-order valence-corrected chi connectivity index (χ2v) is 7.76. The first-order chi connectivity index (χ1) is 12.1. The average molecular weight is 344 g/mol. The van der Waals surface area contributed by atoms with E-state index in [4.69, 9.17) is 5.73 Å². The first kappa shape index (κ1) is 18.2. The number of nitrogens with two attached hydrogens (primary N) is 1. The van der Waals surface area contributed by atoms with Gasteiger partial charge in [0.2, 0.25) is 0 Å². The zero-order chi connectivity index (χ0) is 17.6. The smallest absolute Gasteiger partial charge is 0.191 e. The molecule has 0 amide bonds. The third-order valence-corrected chi connectivity index (χ3v) is 5.43. The number of guanidine groups is 1. The number of rotatable bonds is 4. The SMILES string of the molecule is CC1CCCN(C(N)=NCc2ccc(CN3CCN(C)CC3)cc2)C1. The first-order valence-electron chi connectivity index (χ1n) is 9.64. The Bertz CT molecular complexity index is 560. The van der Waals surface area contributed by atoms with Crippen molar-refractivity contribution in [3.63, 3.8) is 0 Å². The maximum atomic E-state index is 6.19. The van der Waals surface area contributed by atoms with Gasteiger partial charge < -0.3 is 15.5 Å². The van der Waals surface area contributed by atoms with Crippen LogP contribution in [0.15, 0.2) is 29.3 Å². The molecule has 2 fully saturated rings. The molecule has 0 radical (unpaired) electrons. The van der Waals surface area contributed by atoms with Crippen molar-refractivity contribution in [3.05, 3.63) is 35.4 Å². The van der Waals surface area contributed by atoms with Crippen LogP contribution >= 0.6 is 0 Å². The Morgan fingerprint density at radius 3 is 2.44 bits per heavy atom. The maximum Gasteiger partial charge on any atom is 0.191 e. The van der Waals surface area contributed by atoms with Crippen molar-refractivity contribution in [1.82, 2.24) is 14.7 Å². The second kappa shape index (κ2) is 8.68. The first-order valence-corrected chi connectivity index (χ1v) is 9.64. The molecule has 2 aliphatic rings. The molecule has 25 heavy (non-hydrogen) atoms. The van der Waals surface area contributed by atoms with Crippen LogP contribution in [0.4, 0.5) is 0 Å². The molecule has 3 rings (SSSR count). The van der Waals surface area contributed by atoms with Gasteiger partial charge in [-0.15, -0.1) is 0 Å². The normalized spacial score (nSPS) is 23.8. The molecule has 1 aromatic rings. The van der Waals surface area contributed by atoms with Crippen LogP contribution in [0.25, 0.3) is 0 Å². The Kier molecular flexibility index (Phi) is 6.32. The van der Waals surface area contributed by atoms with Crippen molar-refractivity contribution >= 4 is 5.96 Å². The van der Waals surface area contributed by atoms with Crippen LogP contribution in [-0.4, -0.2) is 67.0 Å². The van der Waals surface area contributed by atoms with Crippen molar-refractivity contribution in [1.29, 1.82) is 0 Å². The van der Waals surface area contributed by atoms with Gasteiger partial charge in [0.05, 0.1) is 6.54 Å². The lowest BCUT2D eigenvalue weighted by molar-refractivity contribution is 0.148. The van der Waals surface area contributed by atoms with E-state index in [1.54, 1.807) is 0 Å². The lowest BCUT2D eigenvalue weighted by Gasteiger charge is -2.32. The Labute approximate surface area is 152 Å². The van der Waals surface area contributed by atoms with Crippen molar-refractivity contribution < 1.29 is 0 Å². The zero-order valence-corrected chi connectivity index (χ0v) is 15.8. The van der Waals surface area contributed by atoms with Gasteiger partial charge in [0, 0.05) is 45.8 Å². The summed E-state index contributed by atoms with van der Waals surface area (Å²) >= 11 is 0. The van der Waals surface area contributed by atoms with E-state index < -0.39 is 0 Å². The molecular weight excluding hydrogens is 310 g/mol. The van der Waals surface area contributed by atoms with Crippen LogP contribution < -0.4 is 5.73 Å². The number of hydrogen-bond donors (Lipinski definition) is 1. The summed E-state index contributed by atoms with van der Waals surface area (Å²) in [6.07, 6.45) is 2.52. The minimum atomic E-state index is 0.672. The van der Waals surface area contributed by atoms with Gasteiger partial charge in [-0.3, -0.25) is 4.90 Å². The third-order valence-electron chi connectivity index (χ3n) is 5.43. The minimum Gasteiger partial charge on any atom is -0.370 e. The highest BCUT2D eigenvalue weighted by Crippen LogP contribution is 2.15. The predicted molar refractivity (Wildman–Crippen MR) is 105 cm³/mol. The molecule has 5 nitrogen and oxygen atoms in total. The summed E-state index contributed by atoms with van der Waals surface area (Å²) in [5.74, 6) is 1.42. The third kappa shape index (κ3) is 5.44. The van der Waals surface area contributed by atoms with Crippen molar-refractivity contribution in [2.75, 3.05) is 46.3 Å². The van der Waals surface area contributed by atoms with E-state index in [0.717, 1.165) is 38.6 Å². The van der Waals surface area contributed by atoms with E-state index in [1.807, 2.05) is 0 Å². The molecule has 0 saturated carbocycles. The van der Waals surface area contributed by atoms with Gasteiger partial charge in [-0.25, -0.2) is 4.99 Å². The number of hydrogen-bond acceptors (Lipinski definition) is 3. The van der Waals surface area contributed by atoms with Crippen LogP contribution in [-0.2, 0) is 13.1 Å². The minimum absolute atomic E-state index is 0.672. The molecule has 2 saturated heterocycles. The molecule has 1 atom stereocenters. The Hall–Kier alpha value is -1.59. The molecule has 1 aromatic carbocycles. The number of piperazine rings is 1. The molecule has 5 heteroatoms. The number of piperidine rings is 1. The summed E-state index contributed by atoms with van der Waals surface area (Å²) in [6.45, 7) is 10.8. The van der Waals surface area contributed by atoms with Crippen molar-refractivity contribution in [2.24, 2.45) is 16.6 Å². The van der Waals surface area contributed by atoms with Gasteiger partial charge in [-0.2, -0.15) is 0 Å². The molecule has 0 spiro atoms. The zero-order valence-electron chi connectivity index (χ0n) is 15.8. The molecular formula is C20H33N5. The summed E-state index contributed by atoms with van der Waals surface area (Å²) in [6, 6.07) is 8.87. The van der Waals surface area contributed by atoms with Crippen molar-refractivity contribution in [3.8, 4) is 0 Å². The number of likely N-dealkylation sites (N-methyl/N-ethyl adjacent to an activating group) is 1. The van der Waals surface area contributed by atoms with E-state index in [0.29, 0.717) is 12.5 Å². The van der Waals surface area contributed by atoms with Crippen LogP contribution in [0.3, 0.4) is 0 Å². The summed E-state index contributed by atoms with van der Waals surface area (Å²) in [5, 5.41) is 0. The highest BCUT2D eigenvalue weighted by molar-refractivity contribution is 5.78. The molecule has 0 bridgehead atoms. The standard InChI is InChI=1S/C20H33N5/c1-17-4-3-9-25(15-17)20(21)22-14-18-5-7-19(8-6-18)16-24-12-10-23(2)11-13-24/h5-8,17H,3-4,9-16H2,1-2H3,(H2,21,22). The summed E-state index contributed by atoms with van der Waals surface area (Å²) in [4.78, 5) is 11.8. The lowest BCUT2D eigenvalue weighted by atomic mass is 10.0. The summed E-state index contributed by atoms with van der Waals surface area (Å²) in [5.41, 5.74) is 8.80. The van der Waals surface area contributed by atoms with Crippen LogP contribution in [0.1, 0.15) is 30.9 Å². The number of likely N-dealkylation sites (tertiary alicyclic amines) is 1. The van der Waals surface area contributed by atoms with Gasteiger partial charge in [-0.05, 0) is 36.9 Å². The van der Waals surface area contributed by atoms with Gasteiger partial charge in [0.15, 0.2) is 5.96 Å². The molecule has 138 valence electrons. The Morgan fingerprint density at radius 2 is 1.76 bits per heavy atom. The lowest BCUT2D eigenvalue weighted by Crippen LogP contribution is -2.43. The molecule has 2 aliphatic heterocycles. The molecule has 0 aliphatic carbocycles. The van der Waals surface area contributed by atoms with E-state index in [-0.39, 0.29) is 0 Å². The quantitative estimate of drug-likeness (QED) is 0.671. The van der Waals surface area contributed by atoms with Crippen LogP contribution in [0.5, 0.6) is 0 Å². The fraction of sp³-hybridized carbons (Fsp3) is 0.650. The molecule has 1 unspecified atom stereocenters. The van der Waals surface area contributed by atoms with E-state index in [1.165, 1.54) is 37.1 Å². The summed E-state index contributed by atoms with van der Waals surface area (Å²) < 4.78 is 0. The van der Waals surface area contributed by atoms with E-state index in [9.17, 15) is 0 Å². The highest BCUT2D eigenvalue weighted by Gasteiger charge is 2.17. The number of nitrogens with zero attached hydrogens (tertiary/aromatic N) is 4. The van der Waals surface area contributed by atoms with Gasteiger partial charge in [0.25, 0.3) is 0 Å². The predicted octanol–water partition coefficient (Wildman–Crippen LogP) is 1.98. The highest BCUT2D eigenvalue weighted by atomic mass is 15.3. The fourth-order valence-electron chi connectivity index (χ4n) is 3.68. The molecule has 0 aromatic heterocycles. The second-order valence-electron chi connectivity index (χ2n) is 7.76. The number of aliphatic imine (C=N–C) groups is 1. The van der Waals surface area contributed by atoms with Crippen molar-refractivity contribution in [2.45, 2.75) is 32.9 Å². The van der Waals surface area contributed by atoms with E-state index in [2.05, 4.69) is 57.9 Å². The topological polar surface area (TPSA) is 48.1 Å². The fourth-order valence-corrected chi connectivity index (χ4v) is 3.68. The largest absolute Gasteiger partial charge is 0.370 e. The van der Waals surface area contributed by atoms with Gasteiger partial charge in [0.1, 0.15) is 0 Å². The van der Waals surface area contributed by atoms with Crippen LogP contribution in [0, 0.1) is 5.92 Å². The van der Waals surface area contributed by atoms with Crippen LogP contribution in [0.2, 0.25) is 0 Å². The molecule has 2 N–H and O–H groups in total. The maximum absolute atomic E-state index is 6.19. The van der Waals surface area contributed by atoms with E-state index >= 15 is 0 Å². The average Bonchev–Trinajstić information content (AvgIpc) is 2.63. The number of benzene rings is 1. The van der Waals surface area contributed by atoms with Gasteiger partial charge in [-0.1, -0.05) is 31.2 Å². The summed E-state index contributed by atoms with van der Waals surface area (Å²) in [7, 11) is 2.20. The monoisotopic (exact) mass is 343 g/mol. The Morgan fingerprint density at radius 1 is 1.08 bits per heavy atom.